The maximum absolute atomic E-state index is 12.7. The van der Waals surface area contributed by atoms with Gasteiger partial charge in [0.15, 0.2) is 0 Å². The Morgan fingerprint density at radius 1 is 1.14 bits per heavy atom. The first-order chi connectivity index (χ1) is 13.7. The Hall–Kier alpha value is -2.38. The average Bonchev–Trinajstić information content (AvgIpc) is 3.29. The second kappa shape index (κ2) is 8.75. The van der Waals surface area contributed by atoms with Crippen LogP contribution < -0.4 is 5.32 Å². The summed E-state index contributed by atoms with van der Waals surface area (Å²) in [7, 11) is 0. The molecule has 0 aliphatic carbocycles. The normalized spacial score (nSPS) is 20.1. The van der Waals surface area contributed by atoms with E-state index in [1.54, 1.807) is 6.20 Å². The number of benzene rings is 1. The van der Waals surface area contributed by atoms with Gasteiger partial charge in [-0.25, -0.2) is 9.48 Å². The number of carbonyl (C=O) groups is 1. The van der Waals surface area contributed by atoms with Crippen molar-refractivity contribution in [2.75, 3.05) is 39.4 Å². The highest BCUT2D eigenvalue weighted by Gasteiger charge is 2.27. The molecule has 28 heavy (non-hydrogen) atoms. The Morgan fingerprint density at radius 2 is 1.86 bits per heavy atom. The van der Waals surface area contributed by atoms with Gasteiger partial charge in [0.1, 0.15) is 0 Å². The third-order valence-corrected chi connectivity index (χ3v) is 5.81. The fraction of sp³-hybridized carbons (Fsp3) is 0.524. The number of hydrogen-bond acceptors (Lipinski definition) is 4. The van der Waals surface area contributed by atoms with E-state index in [1.807, 2.05) is 53.0 Å². The maximum atomic E-state index is 12.7. The highest BCUT2D eigenvalue weighted by Crippen LogP contribution is 2.18. The summed E-state index contributed by atoms with van der Waals surface area (Å²) in [6.07, 6.45) is 5.90. The fourth-order valence-corrected chi connectivity index (χ4v) is 4.04. The molecule has 2 aliphatic heterocycles. The van der Waals surface area contributed by atoms with Crippen molar-refractivity contribution in [1.82, 2.24) is 24.9 Å². The largest absolute Gasteiger partial charge is 0.381 e. The SMILES string of the molecule is CC(NC(=O)N1CCN(C2CCOCC2)CC1)c1ccc(-n2cccn2)cc1. The Morgan fingerprint density at radius 3 is 2.50 bits per heavy atom. The molecule has 1 unspecified atom stereocenters. The molecule has 0 saturated carbocycles. The summed E-state index contributed by atoms with van der Waals surface area (Å²) < 4.78 is 7.28. The van der Waals surface area contributed by atoms with Crippen LogP contribution in [0.2, 0.25) is 0 Å². The van der Waals surface area contributed by atoms with Gasteiger partial charge in [0.25, 0.3) is 0 Å². The second-order valence-electron chi connectivity index (χ2n) is 7.58. The van der Waals surface area contributed by atoms with Gasteiger partial charge in [-0.3, -0.25) is 4.90 Å². The Bertz CT molecular complexity index is 748. The lowest BCUT2D eigenvalue weighted by molar-refractivity contribution is 0.0186. The number of rotatable bonds is 4. The van der Waals surface area contributed by atoms with Gasteiger partial charge in [0, 0.05) is 57.8 Å². The Kier molecular flexibility index (Phi) is 5.92. The summed E-state index contributed by atoms with van der Waals surface area (Å²) in [5.41, 5.74) is 2.10. The topological polar surface area (TPSA) is 62.6 Å². The average molecular weight is 383 g/mol. The predicted molar refractivity (Wildman–Crippen MR) is 107 cm³/mol. The van der Waals surface area contributed by atoms with Crippen LogP contribution >= 0.6 is 0 Å². The van der Waals surface area contributed by atoms with Crippen LogP contribution in [0.4, 0.5) is 4.79 Å². The van der Waals surface area contributed by atoms with Gasteiger partial charge in [-0.2, -0.15) is 5.10 Å². The van der Waals surface area contributed by atoms with Crippen LogP contribution in [0.25, 0.3) is 5.69 Å². The molecule has 1 aromatic heterocycles. The predicted octanol–water partition coefficient (Wildman–Crippen LogP) is 2.44. The lowest BCUT2D eigenvalue weighted by atomic mass is 10.1. The zero-order valence-electron chi connectivity index (χ0n) is 16.5. The first-order valence-corrected chi connectivity index (χ1v) is 10.2. The number of amides is 2. The van der Waals surface area contributed by atoms with Gasteiger partial charge >= 0.3 is 6.03 Å². The van der Waals surface area contributed by atoms with E-state index in [2.05, 4.69) is 15.3 Å². The molecule has 1 N–H and O–H groups in total. The van der Waals surface area contributed by atoms with Gasteiger partial charge in [0.05, 0.1) is 11.7 Å². The van der Waals surface area contributed by atoms with Gasteiger partial charge in [0.2, 0.25) is 0 Å². The van der Waals surface area contributed by atoms with Crippen LogP contribution in [0.15, 0.2) is 42.7 Å². The first kappa shape index (κ1) is 19.0. The van der Waals surface area contributed by atoms with Crippen molar-refractivity contribution in [3.8, 4) is 5.69 Å². The number of ether oxygens (including phenoxy) is 1. The third kappa shape index (κ3) is 4.36. The molecule has 7 nitrogen and oxygen atoms in total. The van der Waals surface area contributed by atoms with E-state index in [4.69, 9.17) is 4.74 Å². The zero-order chi connectivity index (χ0) is 19.3. The van der Waals surface area contributed by atoms with Crippen LogP contribution in [0.5, 0.6) is 0 Å². The molecule has 0 bridgehead atoms. The molecule has 3 heterocycles. The molecule has 1 aromatic carbocycles. The molecule has 7 heteroatoms. The standard InChI is InChI=1S/C21H29N5O2/c1-17(18-3-5-20(6-4-18)26-10-2-9-22-26)23-21(27)25-13-11-24(12-14-25)19-7-15-28-16-8-19/h2-6,9-10,17,19H,7-8,11-16H2,1H3,(H,23,27). The number of carbonyl (C=O) groups excluding carboxylic acids is 1. The number of aromatic nitrogens is 2. The van der Waals surface area contributed by atoms with Crippen LogP contribution in [-0.2, 0) is 4.74 Å². The first-order valence-electron chi connectivity index (χ1n) is 10.2. The lowest BCUT2D eigenvalue weighted by Gasteiger charge is -2.40. The quantitative estimate of drug-likeness (QED) is 0.881. The molecule has 4 rings (SSSR count). The van der Waals surface area contributed by atoms with Crippen molar-refractivity contribution in [2.45, 2.75) is 31.8 Å². The van der Waals surface area contributed by atoms with Crippen molar-refractivity contribution >= 4 is 6.03 Å². The summed E-state index contributed by atoms with van der Waals surface area (Å²) in [4.78, 5) is 17.1. The van der Waals surface area contributed by atoms with E-state index < -0.39 is 0 Å². The maximum Gasteiger partial charge on any atom is 0.317 e. The van der Waals surface area contributed by atoms with Gasteiger partial charge in [-0.15, -0.1) is 0 Å². The third-order valence-electron chi connectivity index (χ3n) is 5.81. The second-order valence-corrected chi connectivity index (χ2v) is 7.58. The Labute approximate surface area is 166 Å². The molecule has 2 fully saturated rings. The minimum absolute atomic E-state index is 0.0234. The van der Waals surface area contributed by atoms with Crippen LogP contribution in [0, 0.1) is 0 Å². The van der Waals surface area contributed by atoms with Crippen molar-refractivity contribution in [3.63, 3.8) is 0 Å². The van der Waals surface area contributed by atoms with E-state index >= 15 is 0 Å². The summed E-state index contributed by atoms with van der Waals surface area (Å²) in [6, 6.07) is 10.7. The molecule has 150 valence electrons. The minimum atomic E-state index is -0.0345. The van der Waals surface area contributed by atoms with Crippen LogP contribution in [0.1, 0.15) is 31.4 Å². The summed E-state index contributed by atoms with van der Waals surface area (Å²) in [5.74, 6) is 0. The van der Waals surface area contributed by atoms with Gasteiger partial charge in [-0.05, 0) is 43.5 Å². The van der Waals surface area contributed by atoms with E-state index in [0.717, 1.165) is 63.5 Å². The molecule has 2 saturated heterocycles. The van der Waals surface area contributed by atoms with E-state index in [1.165, 1.54) is 0 Å². The molecule has 2 aliphatic rings. The van der Waals surface area contributed by atoms with E-state index in [0.29, 0.717) is 6.04 Å². The van der Waals surface area contributed by atoms with Gasteiger partial charge < -0.3 is 15.0 Å². The molecule has 0 spiro atoms. The smallest absolute Gasteiger partial charge is 0.317 e. The van der Waals surface area contributed by atoms with Crippen LogP contribution in [0.3, 0.4) is 0 Å². The molecule has 2 amide bonds. The van der Waals surface area contributed by atoms with Crippen molar-refractivity contribution in [3.05, 3.63) is 48.3 Å². The number of hydrogen-bond donors (Lipinski definition) is 1. The summed E-state index contributed by atoms with van der Waals surface area (Å²) in [6.45, 7) is 7.22. The number of urea groups is 1. The minimum Gasteiger partial charge on any atom is -0.381 e. The molecule has 2 aromatic rings. The van der Waals surface area contributed by atoms with E-state index in [9.17, 15) is 4.79 Å². The monoisotopic (exact) mass is 383 g/mol. The zero-order valence-corrected chi connectivity index (χ0v) is 16.5. The van der Waals surface area contributed by atoms with Crippen molar-refractivity contribution in [1.29, 1.82) is 0 Å². The highest BCUT2D eigenvalue weighted by molar-refractivity contribution is 5.74. The molecule has 1 atom stereocenters. The highest BCUT2D eigenvalue weighted by atomic mass is 16.5. The van der Waals surface area contributed by atoms with Crippen molar-refractivity contribution in [2.24, 2.45) is 0 Å². The molecule has 0 radical (unpaired) electrons. The van der Waals surface area contributed by atoms with E-state index in [-0.39, 0.29) is 12.1 Å². The molecular formula is C21H29N5O2. The van der Waals surface area contributed by atoms with Crippen molar-refractivity contribution < 1.29 is 9.53 Å². The summed E-state index contributed by atoms with van der Waals surface area (Å²) >= 11 is 0. The van der Waals surface area contributed by atoms with Gasteiger partial charge in [-0.1, -0.05) is 12.1 Å². The van der Waals surface area contributed by atoms with Crippen LogP contribution in [-0.4, -0.2) is 71.0 Å². The lowest BCUT2D eigenvalue weighted by Crippen LogP contribution is -2.55. The molecular weight excluding hydrogens is 354 g/mol. The Balaban J connectivity index is 1.27. The number of nitrogens with one attached hydrogen (secondary N) is 1. The number of nitrogens with zero attached hydrogens (tertiary/aromatic N) is 4. The fourth-order valence-electron chi connectivity index (χ4n) is 4.04. The summed E-state index contributed by atoms with van der Waals surface area (Å²) in [5, 5.41) is 7.38. The number of piperazine rings is 1.